The Balaban J connectivity index is 1.43. The molecule has 202 valence electrons. The summed E-state index contributed by atoms with van der Waals surface area (Å²) >= 11 is 0. The third-order valence-corrected chi connectivity index (χ3v) is 7.58. The molecule has 0 spiro atoms. The number of ether oxygens (including phenoxy) is 4. The van der Waals surface area contributed by atoms with Crippen molar-refractivity contribution in [3.05, 3.63) is 76.3 Å². The maximum Gasteiger partial charge on any atom is 0.128 e. The van der Waals surface area contributed by atoms with E-state index in [4.69, 9.17) is 18.9 Å². The summed E-state index contributed by atoms with van der Waals surface area (Å²) in [6.45, 7) is 0.507. The summed E-state index contributed by atoms with van der Waals surface area (Å²) in [5.41, 5.74) is 3.87. The summed E-state index contributed by atoms with van der Waals surface area (Å²) < 4.78 is 23.4. The van der Waals surface area contributed by atoms with Gasteiger partial charge in [0.25, 0.3) is 0 Å². The molecule has 8 heteroatoms. The van der Waals surface area contributed by atoms with E-state index in [-0.39, 0.29) is 25.6 Å². The highest BCUT2D eigenvalue weighted by atomic mass is 16.5. The fourth-order valence-electron chi connectivity index (χ4n) is 5.57. The van der Waals surface area contributed by atoms with Crippen LogP contribution in [0.3, 0.4) is 0 Å². The summed E-state index contributed by atoms with van der Waals surface area (Å²) in [6.07, 6.45) is -0.0720. The van der Waals surface area contributed by atoms with E-state index in [1.807, 2.05) is 18.2 Å². The van der Waals surface area contributed by atoms with Gasteiger partial charge in [0, 0.05) is 41.6 Å². The minimum atomic E-state index is -0.910. The lowest BCUT2D eigenvalue weighted by molar-refractivity contribution is -0.0554. The second-order valence-corrected chi connectivity index (χ2v) is 9.92. The molecule has 2 heterocycles. The number of benzene rings is 3. The largest absolute Gasteiger partial charge is 0.508 e. The zero-order chi connectivity index (χ0) is 26.8. The third kappa shape index (κ3) is 4.99. The number of aryl methyl sites for hydroxylation is 1. The monoisotopic (exact) mass is 522 g/mol. The molecule has 0 saturated carbocycles. The molecule has 3 aromatic rings. The molecular weight excluding hydrogens is 488 g/mol. The van der Waals surface area contributed by atoms with Crippen LogP contribution >= 0.6 is 0 Å². The highest BCUT2D eigenvalue weighted by molar-refractivity contribution is 5.52. The summed E-state index contributed by atoms with van der Waals surface area (Å²) in [4.78, 5) is 0. The number of aliphatic hydroxyl groups excluding tert-OH is 3. The molecule has 2 aliphatic rings. The van der Waals surface area contributed by atoms with Gasteiger partial charge < -0.3 is 39.4 Å². The van der Waals surface area contributed by atoms with Crippen LogP contribution in [0.1, 0.15) is 46.4 Å². The Morgan fingerprint density at radius 3 is 2.34 bits per heavy atom. The Morgan fingerprint density at radius 1 is 0.868 bits per heavy atom. The lowest BCUT2D eigenvalue weighted by Gasteiger charge is -2.40. The van der Waals surface area contributed by atoms with Crippen LogP contribution in [0.2, 0.25) is 0 Å². The summed E-state index contributed by atoms with van der Waals surface area (Å²) in [6, 6.07) is 14.3. The number of aromatic hydroxyl groups is 1. The maximum absolute atomic E-state index is 11.5. The second kappa shape index (κ2) is 11.1. The SMILES string of the molecule is COc1cc(Cc2cccc(O)c2)c2c(c1)[C@@H](O)[C@@H]([C@@H]1COc3cc(CCCO)c(OC)cc3[C@@H]1O)CO2. The third-order valence-electron chi connectivity index (χ3n) is 7.58. The van der Waals surface area contributed by atoms with Gasteiger partial charge in [0.1, 0.15) is 28.7 Å². The van der Waals surface area contributed by atoms with Crippen molar-refractivity contribution in [3.8, 4) is 28.7 Å². The molecule has 0 aliphatic carbocycles. The highest BCUT2D eigenvalue weighted by Gasteiger charge is 2.43. The molecule has 38 heavy (non-hydrogen) atoms. The molecule has 3 aromatic carbocycles. The van der Waals surface area contributed by atoms with Gasteiger partial charge >= 0.3 is 0 Å². The topological polar surface area (TPSA) is 118 Å². The Bertz CT molecular complexity index is 1290. The first kappa shape index (κ1) is 26.2. The van der Waals surface area contributed by atoms with Crippen molar-refractivity contribution in [1.29, 1.82) is 0 Å². The van der Waals surface area contributed by atoms with Crippen molar-refractivity contribution in [2.24, 2.45) is 11.8 Å². The quantitative estimate of drug-likeness (QED) is 0.354. The van der Waals surface area contributed by atoms with Crippen LogP contribution in [0.5, 0.6) is 28.7 Å². The highest BCUT2D eigenvalue weighted by Crippen LogP contribution is 2.49. The van der Waals surface area contributed by atoms with E-state index in [9.17, 15) is 20.4 Å². The molecule has 8 nitrogen and oxygen atoms in total. The average molecular weight is 523 g/mol. The van der Waals surface area contributed by atoms with Crippen LogP contribution in [-0.2, 0) is 12.8 Å². The average Bonchev–Trinajstić information content (AvgIpc) is 2.92. The zero-order valence-electron chi connectivity index (χ0n) is 21.6. The van der Waals surface area contributed by atoms with Crippen molar-refractivity contribution in [1.82, 2.24) is 0 Å². The van der Waals surface area contributed by atoms with E-state index < -0.39 is 24.0 Å². The normalized spacial score (nSPS) is 22.0. The molecule has 0 saturated heterocycles. The van der Waals surface area contributed by atoms with Crippen molar-refractivity contribution >= 4 is 0 Å². The van der Waals surface area contributed by atoms with Gasteiger partial charge in [0.2, 0.25) is 0 Å². The van der Waals surface area contributed by atoms with E-state index in [0.717, 1.165) is 16.7 Å². The number of phenolic OH excluding ortho intramolecular Hbond substituents is 1. The molecule has 0 unspecified atom stereocenters. The van der Waals surface area contributed by atoms with Gasteiger partial charge in [-0.05, 0) is 60.4 Å². The first-order chi connectivity index (χ1) is 18.4. The summed E-state index contributed by atoms with van der Waals surface area (Å²) in [5, 5.41) is 42.1. The lowest BCUT2D eigenvalue weighted by Crippen LogP contribution is -2.40. The minimum absolute atomic E-state index is 0.0765. The van der Waals surface area contributed by atoms with Crippen molar-refractivity contribution in [2.75, 3.05) is 34.0 Å². The molecule has 0 fully saturated rings. The van der Waals surface area contributed by atoms with Crippen LogP contribution in [0.4, 0.5) is 0 Å². The van der Waals surface area contributed by atoms with E-state index in [1.54, 1.807) is 44.6 Å². The molecule has 4 atom stereocenters. The summed E-state index contributed by atoms with van der Waals surface area (Å²) in [5.74, 6) is 1.75. The fraction of sp³-hybridized carbons (Fsp3) is 0.400. The Hall–Kier alpha value is -3.46. The van der Waals surface area contributed by atoms with Gasteiger partial charge in [-0.15, -0.1) is 0 Å². The predicted octanol–water partition coefficient (Wildman–Crippen LogP) is 3.71. The van der Waals surface area contributed by atoms with Gasteiger partial charge in [0.05, 0.1) is 39.6 Å². The number of hydrogen-bond acceptors (Lipinski definition) is 8. The zero-order valence-corrected chi connectivity index (χ0v) is 21.6. The molecule has 0 bridgehead atoms. The first-order valence-corrected chi connectivity index (χ1v) is 12.9. The molecule has 2 aliphatic heterocycles. The number of aliphatic hydroxyl groups is 3. The number of hydrogen-bond donors (Lipinski definition) is 4. The molecule has 0 radical (unpaired) electrons. The van der Waals surface area contributed by atoms with Crippen LogP contribution in [-0.4, -0.2) is 54.5 Å². The van der Waals surface area contributed by atoms with Crippen LogP contribution in [0.15, 0.2) is 48.5 Å². The van der Waals surface area contributed by atoms with Gasteiger partial charge in [-0.25, -0.2) is 0 Å². The predicted molar refractivity (Wildman–Crippen MR) is 140 cm³/mol. The van der Waals surface area contributed by atoms with Gasteiger partial charge in [0.15, 0.2) is 0 Å². The van der Waals surface area contributed by atoms with E-state index in [0.29, 0.717) is 53.4 Å². The molecular formula is C30H34O8. The van der Waals surface area contributed by atoms with Crippen molar-refractivity contribution < 1.29 is 39.4 Å². The van der Waals surface area contributed by atoms with Gasteiger partial charge in [-0.3, -0.25) is 0 Å². The Kier molecular flexibility index (Phi) is 7.65. The number of fused-ring (bicyclic) bond motifs is 2. The minimum Gasteiger partial charge on any atom is -0.508 e. The van der Waals surface area contributed by atoms with Crippen LogP contribution < -0.4 is 18.9 Å². The fourth-order valence-corrected chi connectivity index (χ4v) is 5.57. The number of methoxy groups -OCH3 is 2. The maximum atomic E-state index is 11.5. The molecule has 0 amide bonds. The summed E-state index contributed by atoms with van der Waals surface area (Å²) in [7, 11) is 3.15. The van der Waals surface area contributed by atoms with Crippen molar-refractivity contribution in [3.63, 3.8) is 0 Å². The number of rotatable bonds is 8. The second-order valence-electron chi connectivity index (χ2n) is 9.92. The number of phenols is 1. The van der Waals surface area contributed by atoms with Gasteiger partial charge in [-0.2, -0.15) is 0 Å². The van der Waals surface area contributed by atoms with E-state index in [1.165, 1.54) is 0 Å². The first-order valence-electron chi connectivity index (χ1n) is 12.9. The smallest absolute Gasteiger partial charge is 0.128 e. The van der Waals surface area contributed by atoms with Crippen LogP contribution in [0, 0.1) is 11.8 Å². The Labute approximate surface area is 222 Å². The van der Waals surface area contributed by atoms with Gasteiger partial charge in [-0.1, -0.05) is 12.1 Å². The van der Waals surface area contributed by atoms with Crippen LogP contribution in [0.25, 0.3) is 0 Å². The molecule has 0 aromatic heterocycles. The molecule has 4 N–H and O–H groups in total. The van der Waals surface area contributed by atoms with Crippen molar-refractivity contribution in [2.45, 2.75) is 31.5 Å². The standard InChI is InChI=1S/C30H34O8/c1-35-21-11-19(9-17-5-3-7-20(32)10-17)30-23(13-21)29(34)25(16-38-30)24-15-37-27-12-18(6-4-8-31)26(36-2)14-22(27)28(24)33/h3,5,7,10-14,24-25,28-29,31-34H,4,6,8-9,15-16H2,1-2H3/t24-,25+,28-,29+/m0/s1. The Morgan fingerprint density at radius 2 is 1.63 bits per heavy atom. The van der Waals surface area contributed by atoms with E-state index in [2.05, 4.69) is 0 Å². The van der Waals surface area contributed by atoms with E-state index >= 15 is 0 Å². The molecule has 5 rings (SSSR count). The lowest BCUT2D eigenvalue weighted by atomic mass is 9.77.